The quantitative estimate of drug-likeness (QED) is 0.770. The van der Waals surface area contributed by atoms with Crippen LogP contribution in [0, 0.1) is 0 Å². The second-order valence-electron chi connectivity index (χ2n) is 5.37. The summed E-state index contributed by atoms with van der Waals surface area (Å²) in [6.45, 7) is 2.07. The third-order valence-corrected chi connectivity index (χ3v) is 3.90. The Hall–Kier alpha value is -2.64. The smallest absolute Gasteiger partial charge is 0.357 e. The van der Waals surface area contributed by atoms with Crippen LogP contribution >= 0.6 is 0 Å². The molecule has 2 heterocycles. The highest BCUT2D eigenvalue weighted by molar-refractivity contribution is 5.90. The lowest BCUT2D eigenvalue weighted by Gasteiger charge is -2.11. The average molecular weight is 332 g/mol. The van der Waals surface area contributed by atoms with Gasteiger partial charge in [0.05, 0.1) is 32.6 Å². The van der Waals surface area contributed by atoms with Crippen LogP contribution in [-0.2, 0) is 17.6 Å². The fourth-order valence-electron chi connectivity index (χ4n) is 2.80. The molecule has 0 unspecified atom stereocenters. The van der Waals surface area contributed by atoms with Crippen LogP contribution in [0.25, 0.3) is 5.95 Å². The molecule has 0 N–H and O–H groups in total. The van der Waals surface area contributed by atoms with E-state index in [1.165, 1.54) is 18.9 Å². The zero-order chi connectivity index (χ0) is 17.1. The van der Waals surface area contributed by atoms with Crippen molar-refractivity contribution in [2.75, 3.05) is 20.8 Å². The molecule has 2 aromatic rings. The first-order valence-electron chi connectivity index (χ1n) is 7.93. The minimum Gasteiger partial charge on any atom is -0.481 e. The number of aromatic nitrogens is 4. The van der Waals surface area contributed by atoms with Crippen molar-refractivity contribution in [1.29, 1.82) is 0 Å². The molecule has 0 amide bonds. The van der Waals surface area contributed by atoms with E-state index in [2.05, 4.69) is 15.1 Å². The zero-order valence-electron chi connectivity index (χ0n) is 14.0. The van der Waals surface area contributed by atoms with E-state index in [9.17, 15) is 4.79 Å². The average Bonchev–Trinajstić information content (AvgIpc) is 3.01. The van der Waals surface area contributed by atoms with Gasteiger partial charge in [-0.1, -0.05) is 0 Å². The second kappa shape index (κ2) is 6.86. The van der Waals surface area contributed by atoms with Crippen LogP contribution in [0.3, 0.4) is 0 Å². The van der Waals surface area contributed by atoms with Crippen molar-refractivity contribution in [3.8, 4) is 17.7 Å². The first-order chi connectivity index (χ1) is 11.7. The molecule has 8 heteroatoms. The van der Waals surface area contributed by atoms with Gasteiger partial charge in [0.1, 0.15) is 0 Å². The largest absolute Gasteiger partial charge is 0.481 e. The molecule has 3 rings (SSSR count). The van der Waals surface area contributed by atoms with Crippen LogP contribution in [0.1, 0.15) is 41.5 Å². The van der Waals surface area contributed by atoms with Crippen molar-refractivity contribution >= 4 is 5.97 Å². The second-order valence-corrected chi connectivity index (χ2v) is 5.37. The maximum Gasteiger partial charge on any atom is 0.357 e. The van der Waals surface area contributed by atoms with E-state index in [1.807, 2.05) is 0 Å². The molecule has 0 radical (unpaired) electrons. The molecule has 24 heavy (non-hydrogen) atoms. The van der Waals surface area contributed by atoms with E-state index in [0.717, 1.165) is 36.9 Å². The first kappa shape index (κ1) is 16.2. The predicted octanol–water partition coefficient (Wildman–Crippen LogP) is 1.74. The van der Waals surface area contributed by atoms with Crippen molar-refractivity contribution in [3.63, 3.8) is 0 Å². The zero-order valence-corrected chi connectivity index (χ0v) is 14.0. The molecule has 1 aliphatic rings. The van der Waals surface area contributed by atoms with Crippen molar-refractivity contribution in [2.24, 2.45) is 0 Å². The maximum absolute atomic E-state index is 12.5. The molecular weight excluding hydrogens is 312 g/mol. The lowest BCUT2D eigenvalue weighted by atomic mass is 9.96. The Balaban J connectivity index is 2.16. The van der Waals surface area contributed by atoms with Gasteiger partial charge < -0.3 is 14.2 Å². The van der Waals surface area contributed by atoms with E-state index in [4.69, 9.17) is 14.2 Å². The van der Waals surface area contributed by atoms with Crippen LogP contribution < -0.4 is 9.47 Å². The van der Waals surface area contributed by atoms with E-state index in [1.54, 1.807) is 13.0 Å². The van der Waals surface area contributed by atoms with E-state index in [0.29, 0.717) is 24.1 Å². The Bertz CT molecular complexity index is 735. The van der Waals surface area contributed by atoms with Crippen molar-refractivity contribution in [1.82, 2.24) is 19.7 Å². The van der Waals surface area contributed by atoms with Crippen LogP contribution in [0.2, 0.25) is 0 Å². The summed E-state index contributed by atoms with van der Waals surface area (Å²) in [6.07, 6.45) is 3.70. The Labute approximate surface area is 139 Å². The number of carbonyl (C=O) groups excluding carboxylic acids is 1. The van der Waals surface area contributed by atoms with Crippen molar-refractivity contribution in [3.05, 3.63) is 23.0 Å². The minimum absolute atomic E-state index is 0.226. The number of nitrogens with zero attached hydrogens (tertiary/aromatic N) is 4. The Morgan fingerprint density at radius 2 is 1.83 bits per heavy atom. The molecule has 1 aliphatic carbocycles. The molecule has 0 atom stereocenters. The summed E-state index contributed by atoms with van der Waals surface area (Å²) >= 11 is 0. The molecule has 0 bridgehead atoms. The highest BCUT2D eigenvalue weighted by Crippen LogP contribution is 2.27. The lowest BCUT2D eigenvalue weighted by Crippen LogP contribution is -2.16. The Morgan fingerprint density at radius 3 is 2.46 bits per heavy atom. The van der Waals surface area contributed by atoms with E-state index >= 15 is 0 Å². The number of esters is 1. The van der Waals surface area contributed by atoms with Crippen LogP contribution in [0.4, 0.5) is 0 Å². The minimum atomic E-state index is -0.418. The number of fused-ring (bicyclic) bond motifs is 1. The molecule has 0 spiro atoms. The third-order valence-electron chi connectivity index (χ3n) is 3.90. The number of carbonyl (C=O) groups is 1. The van der Waals surface area contributed by atoms with Crippen LogP contribution in [0.15, 0.2) is 6.07 Å². The Morgan fingerprint density at radius 1 is 1.17 bits per heavy atom. The fourth-order valence-corrected chi connectivity index (χ4v) is 2.80. The summed E-state index contributed by atoms with van der Waals surface area (Å²) in [7, 11) is 3.01. The molecule has 0 aliphatic heterocycles. The first-order valence-corrected chi connectivity index (χ1v) is 7.93. The van der Waals surface area contributed by atoms with Crippen LogP contribution in [0.5, 0.6) is 11.8 Å². The molecule has 2 aromatic heterocycles. The van der Waals surface area contributed by atoms with E-state index in [-0.39, 0.29) is 5.95 Å². The van der Waals surface area contributed by atoms with Crippen molar-refractivity contribution < 1.29 is 19.0 Å². The Kier molecular flexibility index (Phi) is 4.64. The van der Waals surface area contributed by atoms with Gasteiger partial charge in [-0.05, 0) is 32.6 Å². The molecule has 0 fully saturated rings. The molecule has 0 saturated carbocycles. The van der Waals surface area contributed by atoms with Gasteiger partial charge in [-0.25, -0.2) is 4.79 Å². The topological polar surface area (TPSA) is 88.4 Å². The fraction of sp³-hybridized carbons (Fsp3) is 0.500. The molecular formula is C16H20N4O4. The number of hydrogen-bond acceptors (Lipinski definition) is 7. The summed E-state index contributed by atoms with van der Waals surface area (Å²) in [5, 5.41) is 4.55. The van der Waals surface area contributed by atoms with Crippen molar-refractivity contribution in [2.45, 2.75) is 32.6 Å². The number of aryl methyl sites for hydroxylation is 1. The molecule has 0 saturated heterocycles. The van der Waals surface area contributed by atoms with E-state index < -0.39 is 5.97 Å². The van der Waals surface area contributed by atoms with Gasteiger partial charge in [0.25, 0.3) is 5.95 Å². The number of methoxy groups -OCH3 is 2. The van der Waals surface area contributed by atoms with Gasteiger partial charge >= 0.3 is 5.97 Å². The summed E-state index contributed by atoms with van der Waals surface area (Å²) in [5.41, 5.74) is 2.21. The lowest BCUT2D eigenvalue weighted by molar-refractivity contribution is 0.0513. The SMILES string of the molecule is CCOC(=O)c1c2c(nn1-c1nc(OC)cc(OC)n1)CCCC2. The summed E-state index contributed by atoms with van der Waals surface area (Å²) in [4.78, 5) is 21.1. The number of ether oxygens (including phenoxy) is 3. The summed E-state index contributed by atoms with van der Waals surface area (Å²) < 4.78 is 17.0. The third kappa shape index (κ3) is 2.91. The summed E-state index contributed by atoms with van der Waals surface area (Å²) in [6, 6.07) is 1.57. The van der Waals surface area contributed by atoms with Gasteiger partial charge in [-0.2, -0.15) is 19.7 Å². The monoisotopic (exact) mass is 332 g/mol. The van der Waals surface area contributed by atoms with Gasteiger partial charge in [-0.15, -0.1) is 0 Å². The molecule has 8 nitrogen and oxygen atoms in total. The molecule has 0 aromatic carbocycles. The standard InChI is InChI=1S/C16H20N4O4/c1-4-24-15(21)14-10-7-5-6-8-11(10)19-20(14)16-17-12(22-2)9-13(18-16)23-3/h9H,4-8H2,1-3H3. The number of hydrogen-bond donors (Lipinski definition) is 0. The molecule has 128 valence electrons. The van der Waals surface area contributed by atoms with Gasteiger partial charge in [0.2, 0.25) is 11.8 Å². The van der Waals surface area contributed by atoms with Gasteiger partial charge in [0.15, 0.2) is 5.69 Å². The number of rotatable bonds is 5. The maximum atomic E-state index is 12.5. The van der Waals surface area contributed by atoms with Crippen LogP contribution in [-0.4, -0.2) is 46.5 Å². The van der Waals surface area contributed by atoms with Gasteiger partial charge in [0, 0.05) is 5.56 Å². The highest BCUT2D eigenvalue weighted by Gasteiger charge is 2.28. The van der Waals surface area contributed by atoms with Gasteiger partial charge in [-0.3, -0.25) is 0 Å². The predicted molar refractivity (Wildman–Crippen MR) is 84.9 cm³/mol. The normalized spacial score (nSPS) is 13.3. The summed E-state index contributed by atoms with van der Waals surface area (Å²) in [5.74, 6) is 0.474. The highest BCUT2D eigenvalue weighted by atomic mass is 16.5.